The number of phenols is 1. The van der Waals surface area contributed by atoms with E-state index in [9.17, 15) is 19.8 Å². The van der Waals surface area contributed by atoms with E-state index < -0.39 is 23.5 Å². The van der Waals surface area contributed by atoms with Crippen molar-refractivity contribution in [2.75, 3.05) is 20.3 Å². The van der Waals surface area contributed by atoms with Crippen LogP contribution < -0.4 is 0 Å². The first-order valence-corrected chi connectivity index (χ1v) is 8.57. The molecule has 1 aromatic heterocycles. The maximum absolute atomic E-state index is 13.0. The Labute approximate surface area is 156 Å². The van der Waals surface area contributed by atoms with Crippen molar-refractivity contribution in [3.8, 4) is 5.75 Å². The van der Waals surface area contributed by atoms with Gasteiger partial charge in [0.05, 0.1) is 11.6 Å². The molecule has 2 heterocycles. The van der Waals surface area contributed by atoms with E-state index in [1.807, 2.05) is 0 Å². The number of aliphatic hydroxyl groups is 1. The van der Waals surface area contributed by atoms with Gasteiger partial charge in [0.2, 0.25) is 5.78 Å². The Balaban J connectivity index is 2.04. The summed E-state index contributed by atoms with van der Waals surface area (Å²) in [6.07, 6.45) is 0.534. The molecule has 0 saturated carbocycles. The predicted molar refractivity (Wildman–Crippen MR) is 96.5 cm³/mol. The van der Waals surface area contributed by atoms with E-state index in [-0.39, 0.29) is 23.6 Å². The normalized spacial score (nSPS) is 17.0. The number of benzene rings is 1. The van der Waals surface area contributed by atoms with Gasteiger partial charge in [-0.25, -0.2) is 0 Å². The van der Waals surface area contributed by atoms with Crippen LogP contribution in [0.1, 0.15) is 34.3 Å². The minimum absolute atomic E-state index is 0.00354. The number of aromatic hydroxyl groups is 1. The molecule has 1 amide bonds. The fraction of sp³-hybridized carbons (Fsp3) is 0.300. The molecule has 0 spiro atoms. The molecule has 7 heteroatoms. The Bertz CT molecular complexity index is 897. The Kier molecular flexibility index (Phi) is 5.32. The maximum atomic E-state index is 13.0. The summed E-state index contributed by atoms with van der Waals surface area (Å²) < 4.78 is 10.4. The van der Waals surface area contributed by atoms with Crippen molar-refractivity contribution in [2.24, 2.45) is 0 Å². The number of hydrogen-bond donors (Lipinski definition) is 2. The number of ketones is 1. The van der Waals surface area contributed by atoms with E-state index in [0.717, 1.165) is 0 Å². The molecule has 3 rings (SSSR count). The van der Waals surface area contributed by atoms with Crippen molar-refractivity contribution in [1.29, 1.82) is 0 Å². The Morgan fingerprint density at radius 2 is 2.04 bits per heavy atom. The molecule has 7 nitrogen and oxygen atoms in total. The average molecular weight is 371 g/mol. The quantitative estimate of drug-likeness (QED) is 0.573. The van der Waals surface area contributed by atoms with Gasteiger partial charge in [0.15, 0.2) is 11.5 Å². The lowest BCUT2D eigenvalue weighted by molar-refractivity contribution is -0.129. The SMILES string of the molecule is COCCCN1C(=O)C(O)=C(C(=O)c2ccc(C)o2)[C@@H]1c1cccc(O)c1. The molecule has 1 aromatic carbocycles. The van der Waals surface area contributed by atoms with Gasteiger partial charge in [-0.1, -0.05) is 12.1 Å². The minimum atomic E-state index is -0.820. The number of carbonyl (C=O) groups is 2. The highest BCUT2D eigenvalue weighted by Crippen LogP contribution is 2.39. The molecule has 1 aliphatic rings. The number of phenolic OH excluding ortho intramolecular Hbond substituents is 1. The van der Waals surface area contributed by atoms with E-state index in [1.165, 1.54) is 23.1 Å². The number of Topliss-reactive ketones (excluding diaryl/α,β-unsaturated/α-hetero) is 1. The maximum Gasteiger partial charge on any atom is 0.290 e. The van der Waals surface area contributed by atoms with Gasteiger partial charge in [-0.3, -0.25) is 9.59 Å². The van der Waals surface area contributed by atoms with Crippen molar-refractivity contribution >= 4 is 11.7 Å². The van der Waals surface area contributed by atoms with Crippen molar-refractivity contribution in [3.05, 3.63) is 64.8 Å². The Morgan fingerprint density at radius 3 is 2.67 bits per heavy atom. The number of hydrogen-bond acceptors (Lipinski definition) is 6. The first-order chi connectivity index (χ1) is 12.9. The Hall–Kier alpha value is -3.06. The van der Waals surface area contributed by atoms with Crippen LogP contribution in [0.2, 0.25) is 0 Å². The molecule has 142 valence electrons. The van der Waals surface area contributed by atoms with Crippen LogP contribution in [-0.4, -0.2) is 47.1 Å². The molecule has 2 aromatic rings. The summed E-state index contributed by atoms with van der Waals surface area (Å²) >= 11 is 0. The van der Waals surface area contributed by atoms with Crippen LogP contribution in [0.3, 0.4) is 0 Å². The standard InChI is InChI=1S/C20H21NO6/c1-12-7-8-15(27-12)18(23)16-17(13-5-3-6-14(22)11-13)21(9-4-10-26-2)20(25)19(16)24/h3,5-8,11,17,22,24H,4,9-10H2,1-2H3/t17-/m0/s1. The number of ether oxygens (including phenoxy) is 1. The van der Waals surface area contributed by atoms with E-state index in [4.69, 9.17) is 9.15 Å². The molecule has 0 fully saturated rings. The van der Waals surface area contributed by atoms with E-state index in [1.54, 1.807) is 32.2 Å². The number of methoxy groups -OCH3 is 1. The summed E-state index contributed by atoms with van der Waals surface area (Å²) in [7, 11) is 1.56. The monoisotopic (exact) mass is 371 g/mol. The molecule has 0 radical (unpaired) electrons. The summed E-state index contributed by atoms with van der Waals surface area (Å²) in [6, 6.07) is 8.62. The molecular weight excluding hydrogens is 350 g/mol. The molecule has 1 atom stereocenters. The molecule has 1 aliphatic heterocycles. The highest BCUT2D eigenvalue weighted by Gasteiger charge is 2.44. The second kappa shape index (κ2) is 7.67. The van der Waals surface area contributed by atoms with Gasteiger partial charge in [0.1, 0.15) is 11.5 Å². The molecule has 0 aliphatic carbocycles. The van der Waals surface area contributed by atoms with Gasteiger partial charge in [-0.2, -0.15) is 0 Å². The van der Waals surface area contributed by atoms with E-state index in [0.29, 0.717) is 24.4 Å². The zero-order valence-corrected chi connectivity index (χ0v) is 15.1. The van der Waals surface area contributed by atoms with Crippen molar-refractivity contribution in [3.63, 3.8) is 0 Å². The number of furan rings is 1. The molecule has 2 N–H and O–H groups in total. The summed E-state index contributed by atoms with van der Waals surface area (Å²) in [4.78, 5) is 27.0. The lowest BCUT2D eigenvalue weighted by Crippen LogP contribution is -2.32. The number of aryl methyl sites for hydroxylation is 1. The zero-order chi connectivity index (χ0) is 19.6. The third-order valence-corrected chi connectivity index (χ3v) is 4.45. The smallest absolute Gasteiger partial charge is 0.290 e. The number of nitrogens with zero attached hydrogens (tertiary/aromatic N) is 1. The fourth-order valence-corrected chi connectivity index (χ4v) is 3.23. The van der Waals surface area contributed by atoms with E-state index in [2.05, 4.69) is 0 Å². The largest absolute Gasteiger partial charge is 0.508 e. The summed E-state index contributed by atoms with van der Waals surface area (Å²) in [6.45, 7) is 2.41. The first kappa shape index (κ1) is 18.7. The lowest BCUT2D eigenvalue weighted by Gasteiger charge is -2.26. The van der Waals surface area contributed by atoms with Gasteiger partial charge >= 0.3 is 0 Å². The summed E-state index contributed by atoms with van der Waals surface area (Å²) in [5.41, 5.74) is 0.466. The molecule has 0 unspecified atom stereocenters. The summed E-state index contributed by atoms with van der Waals surface area (Å²) in [5, 5.41) is 20.3. The van der Waals surface area contributed by atoms with Crippen LogP contribution >= 0.6 is 0 Å². The third kappa shape index (κ3) is 3.59. The molecular formula is C20H21NO6. The van der Waals surface area contributed by atoms with Gasteiger partial charge in [-0.15, -0.1) is 0 Å². The van der Waals surface area contributed by atoms with Gasteiger partial charge in [0.25, 0.3) is 5.91 Å². The highest BCUT2D eigenvalue weighted by molar-refractivity contribution is 6.15. The van der Waals surface area contributed by atoms with Crippen molar-refractivity contribution < 1.29 is 29.0 Å². The number of carbonyl (C=O) groups excluding carboxylic acids is 2. The van der Waals surface area contributed by atoms with Crippen LogP contribution in [0.25, 0.3) is 0 Å². The van der Waals surface area contributed by atoms with Crippen molar-refractivity contribution in [1.82, 2.24) is 4.90 Å². The van der Waals surface area contributed by atoms with Crippen LogP contribution in [0.15, 0.2) is 52.1 Å². The van der Waals surface area contributed by atoms with Gasteiger partial charge in [0, 0.05) is 20.3 Å². The third-order valence-electron chi connectivity index (χ3n) is 4.45. The second-order valence-electron chi connectivity index (χ2n) is 6.34. The lowest BCUT2D eigenvalue weighted by atomic mass is 9.95. The number of aliphatic hydroxyl groups excluding tert-OH is 1. The second-order valence-corrected chi connectivity index (χ2v) is 6.34. The molecule has 27 heavy (non-hydrogen) atoms. The highest BCUT2D eigenvalue weighted by atomic mass is 16.5. The molecule has 0 saturated heterocycles. The number of rotatable bonds is 7. The first-order valence-electron chi connectivity index (χ1n) is 8.57. The fourth-order valence-electron chi connectivity index (χ4n) is 3.23. The zero-order valence-electron chi connectivity index (χ0n) is 15.1. The van der Waals surface area contributed by atoms with Gasteiger partial charge in [-0.05, 0) is 43.2 Å². The number of amides is 1. The molecule has 0 bridgehead atoms. The Morgan fingerprint density at radius 1 is 1.26 bits per heavy atom. The van der Waals surface area contributed by atoms with Gasteiger partial charge < -0.3 is 24.3 Å². The van der Waals surface area contributed by atoms with Crippen LogP contribution in [-0.2, 0) is 9.53 Å². The topological polar surface area (TPSA) is 100 Å². The van der Waals surface area contributed by atoms with E-state index >= 15 is 0 Å². The van der Waals surface area contributed by atoms with Crippen LogP contribution in [0.5, 0.6) is 5.75 Å². The van der Waals surface area contributed by atoms with Crippen LogP contribution in [0.4, 0.5) is 0 Å². The van der Waals surface area contributed by atoms with Crippen LogP contribution in [0, 0.1) is 6.92 Å². The summed E-state index contributed by atoms with van der Waals surface area (Å²) in [5.74, 6) is -1.19. The minimum Gasteiger partial charge on any atom is -0.508 e. The van der Waals surface area contributed by atoms with Crippen molar-refractivity contribution in [2.45, 2.75) is 19.4 Å². The predicted octanol–water partition coefficient (Wildman–Crippen LogP) is 2.91. The average Bonchev–Trinajstić information content (AvgIpc) is 3.18.